The molecule has 2 amide bonds. The molecule has 2 N–H and O–H groups in total. The summed E-state index contributed by atoms with van der Waals surface area (Å²) in [6.07, 6.45) is 6.12. The van der Waals surface area contributed by atoms with Crippen LogP contribution < -0.4 is 5.32 Å². The molecule has 6 nitrogen and oxygen atoms in total. The summed E-state index contributed by atoms with van der Waals surface area (Å²) in [5.74, 6) is -0.747. The predicted molar refractivity (Wildman–Crippen MR) is 80.3 cm³/mol. The Kier molecular flexibility index (Phi) is 5.85. The van der Waals surface area contributed by atoms with Crippen molar-refractivity contribution in [3.63, 3.8) is 0 Å². The molecule has 0 radical (unpaired) electrons. The van der Waals surface area contributed by atoms with E-state index in [-0.39, 0.29) is 12.5 Å². The Morgan fingerprint density at radius 3 is 2.67 bits per heavy atom. The van der Waals surface area contributed by atoms with Gasteiger partial charge in [0.05, 0.1) is 0 Å². The van der Waals surface area contributed by atoms with Gasteiger partial charge in [0.1, 0.15) is 0 Å². The number of aliphatic carboxylic acids is 1. The van der Waals surface area contributed by atoms with Gasteiger partial charge in [0.15, 0.2) is 0 Å². The maximum atomic E-state index is 12.2. The lowest BCUT2D eigenvalue weighted by Gasteiger charge is -2.26. The van der Waals surface area contributed by atoms with Gasteiger partial charge in [-0.15, -0.1) is 0 Å². The summed E-state index contributed by atoms with van der Waals surface area (Å²) >= 11 is 0. The summed E-state index contributed by atoms with van der Waals surface area (Å²) in [5.41, 5.74) is 0. The summed E-state index contributed by atoms with van der Waals surface area (Å²) in [6, 6.07) is 1.19. The first-order valence-electron chi connectivity index (χ1n) is 8.04. The molecule has 0 spiro atoms. The first-order chi connectivity index (χ1) is 10.1. The molecule has 21 heavy (non-hydrogen) atoms. The van der Waals surface area contributed by atoms with Gasteiger partial charge in [-0.25, -0.2) is 4.79 Å². The van der Waals surface area contributed by atoms with Gasteiger partial charge in [-0.05, 0) is 39.2 Å². The second-order valence-corrected chi connectivity index (χ2v) is 6.22. The van der Waals surface area contributed by atoms with Crippen molar-refractivity contribution >= 4 is 12.0 Å². The van der Waals surface area contributed by atoms with Gasteiger partial charge in [0.25, 0.3) is 0 Å². The number of likely N-dealkylation sites (N-methyl/N-ethyl adjacent to an activating group) is 1. The summed E-state index contributed by atoms with van der Waals surface area (Å²) in [7, 11) is 2.17. The number of nitrogens with zero attached hydrogens (tertiary/aromatic N) is 2. The molecule has 2 saturated heterocycles. The first kappa shape index (κ1) is 16.1. The standard InChI is InChI=1S/C15H27N3O3/c1-17-12-6-7-13(17)11-18(10-8-12)15(21)16-9-4-2-3-5-14(19)20/h12-13H,2-11H2,1H3,(H,16,21)(H,19,20). The second kappa shape index (κ2) is 7.64. The van der Waals surface area contributed by atoms with Crippen LogP contribution in [0.3, 0.4) is 0 Å². The molecule has 2 fully saturated rings. The summed E-state index contributed by atoms with van der Waals surface area (Å²) in [5, 5.41) is 11.5. The highest BCUT2D eigenvalue weighted by Crippen LogP contribution is 2.28. The Balaban J connectivity index is 1.63. The molecule has 2 atom stereocenters. The molecule has 2 unspecified atom stereocenters. The van der Waals surface area contributed by atoms with Crippen molar-refractivity contribution in [1.29, 1.82) is 0 Å². The van der Waals surface area contributed by atoms with Crippen LogP contribution in [0.15, 0.2) is 0 Å². The largest absolute Gasteiger partial charge is 0.481 e. The molecule has 0 saturated carbocycles. The zero-order valence-electron chi connectivity index (χ0n) is 12.9. The summed E-state index contributed by atoms with van der Waals surface area (Å²) in [4.78, 5) is 26.9. The molecule has 2 heterocycles. The fourth-order valence-corrected chi connectivity index (χ4v) is 3.38. The lowest BCUT2D eigenvalue weighted by molar-refractivity contribution is -0.137. The minimum atomic E-state index is -0.747. The topological polar surface area (TPSA) is 72.9 Å². The lowest BCUT2D eigenvalue weighted by atomic mass is 10.1. The predicted octanol–water partition coefficient (Wildman–Crippen LogP) is 1.51. The average molecular weight is 297 g/mol. The number of carboxylic acids is 1. The zero-order valence-corrected chi connectivity index (χ0v) is 12.9. The number of carbonyl (C=O) groups is 2. The van der Waals surface area contributed by atoms with Crippen molar-refractivity contribution < 1.29 is 14.7 Å². The van der Waals surface area contributed by atoms with E-state index in [1.807, 2.05) is 4.90 Å². The van der Waals surface area contributed by atoms with Crippen LogP contribution in [0.1, 0.15) is 44.9 Å². The molecular weight excluding hydrogens is 270 g/mol. The quantitative estimate of drug-likeness (QED) is 0.729. The van der Waals surface area contributed by atoms with Gasteiger partial charge in [-0.2, -0.15) is 0 Å². The Morgan fingerprint density at radius 2 is 1.90 bits per heavy atom. The van der Waals surface area contributed by atoms with E-state index in [1.54, 1.807) is 0 Å². The number of unbranched alkanes of at least 4 members (excludes halogenated alkanes) is 2. The SMILES string of the molecule is CN1C2CCC1CN(C(=O)NCCCCCC(=O)O)CC2. The molecule has 0 aromatic heterocycles. The number of nitrogens with one attached hydrogen (secondary N) is 1. The van der Waals surface area contributed by atoms with Crippen molar-refractivity contribution in [2.24, 2.45) is 0 Å². The van der Waals surface area contributed by atoms with E-state index >= 15 is 0 Å². The van der Waals surface area contributed by atoms with E-state index in [9.17, 15) is 9.59 Å². The number of amides is 2. The Labute approximate surface area is 126 Å². The minimum absolute atomic E-state index is 0.0363. The molecule has 0 aliphatic carbocycles. The van der Waals surface area contributed by atoms with Gasteiger partial charge < -0.3 is 15.3 Å². The molecule has 2 aliphatic heterocycles. The van der Waals surface area contributed by atoms with Crippen molar-refractivity contribution in [3.8, 4) is 0 Å². The van der Waals surface area contributed by atoms with E-state index in [0.29, 0.717) is 25.0 Å². The molecule has 2 bridgehead atoms. The number of likely N-dealkylation sites (tertiary alicyclic amines) is 1. The maximum Gasteiger partial charge on any atom is 0.317 e. The lowest BCUT2D eigenvalue weighted by Crippen LogP contribution is -2.45. The number of hydrogen-bond acceptors (Lipinski definition) is 3. The first-order valence-corrected chi connectivity index (χ1v) is 8.04. The van der Waals surface area contributed by atoms with Gasteiger partial charge in [0, 0.05) is 38.1 Å². The Morgan fingerprint density at radius 1 is 1.14 bits per heavy atom. The maximum absolute atomic E-state index is 12.2. The number of hydrogen-bond donors (Lipinski definition) is 2. The van der Waals surface area contributed by atoms with Crippen LogP contribution in [-0.2, 0) is 4.79 Å². The highest BCUT2D eigenvalue weighted by Gasteiger charge is 2.35. The fourth-order valence-electron chi connectivity index (χ4n) is 3.38. The summed E-state index contributed by atoms with van der Waals surface area (Å²) in [6.45, 7) is 2.31. The van der Waals surface area contributed by atoms with Gasteiger partial charge in [-0.1, -0.05) is 6.42 Å². The van der Waals surface area contributed by atoms with Crippen molar-refractivity contribution in [2.75, 3.05) is 26.7 Å². The molecular formula is C15H27N3O3. The molecule has 0 aromatic rings. The molecule has 2 aliphatic rings. The van der Waals surface area contributed by atoms with Crippen LogP contribution >= 0.6 is 0 Å². The van der Waals surface area contributed by atoms with E-state index < -0.39 is 5.97 Å². The van der Waals surface area contributed by atoms with E-state index in [0.717, 1.165) is 32.4 Å². The molecule has 2 rings (SSSR count). The molecule has 120 valence electrons. The minimum Gasteiger partial charge on any atom is -0.481 e. The van der Waals surface area contributed by atoms with Crippen LogP contribution in [0.2, 0.25) is 0 Å². The van der Waals surface area contributed by atoms with Crippen molar-refractivity contribution in [1.82, 2.24) is 15.1 Å². The second-order valence-electron chi connectivity index (χ2n) is 6.22. The van der Waals surface area contributed by atoms with Gasteiger partial charge in [-0.3, -0.25) is 9.69 Å². The van der Waals surface area contributed by atoms with Crippen LogP contribution in [0.25, 0.3) is 0 Å². The number of carboxylic acid groups (broad SMARTS) is 1. The average Bonchev–Trinajstić information content (AvgIpc) is 2.66. The van der Waals surface area contributed by atoms with E-state index in [4.69, 9.17) is 5.11 Å². The molecule has 6 heteroatoms. The monoisotopic (exact) mass is 297 g/mol. The molecule has 0 aromatic carbocycles. The number of urea groups is 1. The fraction of sp³-hybridized carbons (Fsp3) is 0.867. The van der Waals surface area contributed by atoms with Crippen molar-refractivity contribution in [2.45, 2.75) is 57.0 Å². The van der Waals surface area contributed by atoms with Crippen LogP contribution in [-0.4, -0.2) is 65.7 Å². The third-order valence-electron chi connectivity index (χ3n) is 4.78. The third-order valence-corrected chi connectivity index (χ3v) is 4.78. The third kappa shape index (κ3) is 4.59. The van der Waals surface area contributed by atoms with Crippen LogP contribution in [0, 0.1) is 0 Å². The van der Waals surface area contributed by atoms with Crippen LogP contribution in [0.4, 0.5) is 4.79 Å². The number of rotatable bonds is 6. The Bertz CT molecular complexity index is 375. The van der Waals surface area contributed by atoms with Crippen LogP contribution in [0.5, 0.6) is 0 Å². The normalized spacial score (nSPS) is 25.7. The zero-order chi connectivity index (χ0) is 15.2. The highest BCUT2D eigenvalue weighted by atomic mass is 16.4. The van der Waals surface area contributed by atoms with Gasteiger partial charge in [0.2, 0.25) is 0 Å². The number of fused-ring (bicyclic) bond motifs is 2. The van der Waals surface area contributed by atoms with Crippen molar-refractivity contribution in [3.05, 3.63) is 0 Å². The highest BCUT2D eigenvalue weighted by molar-refractivity contribution is 5.74. The van der Waals surface area contributed by atoms with E-state index in [2.05, 4.69) is 17.3 Å². The van der Waals surface area contributed by atoms with Gasteiger partial charge >= 0.3 is 12.0 Å². The number of carbonyl (C=O) groups excluding carboxylic acids is 1. The summed E-state index contributed by atoms with van der Waals surface area (Å²) < 4.78 is 0. The van der Waals surface area contributed by atoms with E-state index in [1.165, 1.54) is 12.8 Å². The Hall–Kier alpha value is -1.30. The smallest absolute Gasteiger partial charge is 0.317 e.